The highest BCUT2D eigenvalue weighted by atomic mass is 16.1. The number of rotatable bonds is 7. The lowest BCUT2D eigenvalue weighted by atomic mass is 9.90. The lowest BCUT2D eigenvalue weighted by Gasteiger charge is -2.34. The van der Waals surface area contributed by atoms with Crippen LogP contribution in [-0.2, 0) is 7.05 Å². The van der Waals surface area contributed by atoms with Crippen LogP contribution in [0.5, 0.6) is 0 Å². The zero-order valence-electron chi connectivity index (χ0n) is 20.5. The van der Waals surface area contributed by atoms with E-state index in [2.05, 4.69) is 38.9 Å². The largest absolute Gasteiger partial charge is 0.354 e. The number of ketones is 1. The summed E-state index contributed by atoms with van der Waals surface area (Å²) in [4.78, 5) is 25.7. The standard InChI is InChI=1S/C26H40N6O/c1-20-7-3-4-14-32(20)24-9-8-22-25(28-29(2)26(22)27-24)23(33)19-21-10-15-31(16-11-21)18-17-30-12-5-6-13-30/h8-9,20-21H,3-7,10-19H2,1-2H3. The molecule has 7 heteroatoms. The lowest BCUT2D eigenvalue weighted by Crippen LogP contribution is -2.39. The van der Waals surface area contributed by atoms with Crippen LogP contribution in [0, 0.1) is 5.92 Å². The minimum atomic E-state index is 0.178. The summed E-state index contributed by atoms with van der Waals surface area (Å²) in [6.07, 6.45) is 9.29. The number of hydrogen-bond acceptors (Lipinski definition) is 6. The number of fused-ring (bicyclic) bond motifs is 1. The summed E-state index contributed by atoms with van der Waals surface area (Å²) in [5, 5.41) is 5.52. The van der Waals surface area contributed by atoms with Gasteiger partial charge in [-0.3, -0.25) is 4.79 Å². The summed E-state index contributed by atoms with van der Waals surface area (Å²) >= 11 is 0. The van der Waals surface area contributed by atoms with Gasteiger partial charge in [-0.25, -0.2) is 9.67 Å². The third-order valence-corrected chi connectivity index (χ3v) is 8.15. The Bertz CT molecular complexity index is 957. The summed E-state index contributed by atoms with van der Waals surface area (Å²) in [6.45, 7) is 10.5. The van der Waals surface area contributed by atoms with E-state index in [-0.39, 0.29) is 5.78 Å². The van der Waals surface area contributed by atoms with Crippen LogP contribution in [0.2, 0.25) is 0 Å². The molecule has 3 fully saturated rings. The van der Waals surface area contributed by atoms with Gasteiger partial charge in [-0.05, 0) is 96.1 Å². The van der Waals surface area contributed by atoms with Crippen molar-refractivity contribution in [3.63, 3.8) is 0 Å². The van der Waals surface area contributed by atoms with Gasteiger partial charge in [0, 0.05) is 39.1 Å². The SMILES string of the molecule is CC1CCCCN1c1ccc2c(C(=O)CC3CCN(CCN4CCCC4)CC3)nn(C)c2n1. The number of piperidine rings is 2. The number of hydrogen-bond donors (Lipinski definition) is 0. The number of aromatic nitrogens is 3. The number of carbonyl (C=O) groups is 1. The Morgan fingerprint density at radius 3 is 2.36 bits per heavy atom. The van der Waals surface area contributed by atoms with Crippen molar-refractivity contribution in [3.8, 4) is 0 Å². The average Bonchev–Trinajstić information content (AvgIpc) is 3.47. The molecule has 3 aliphatic heterocycles. The van der Waals surface area contributed by atoms with E-state index in [0.717, 1.165) is 49.3 Å². The molecule has 0 aromatic carbocycles. The van der Waals surface area contributed by atoms with Crippen LogP contribution in [0.4, 0.5) is 5.82 Å². The fourth-order valence-corrected chi connectivity index (χ4v) is 5.99. The van der Waals surface area contributed by atoms with Crippen molar-refractivity contribution in [2.45, 2.75) is 64.3 Å². The quantitative estimate of drug-likeness (QED) is 0.597. The highest BCUT2D eigenvalue weighted by Gasteiger charge is 2.26. The smallest absolute Gasteiger partial charge is 0.184 e. The average molecular weight is 453 g/mol. The van der Waals surface area contributed by atoms with Crippen molar-refractivity contribution in [1.29, 1.82) is 0 Å². The van der Waals surface area contributed by atoms with Crippen LogP contribution in [0.15, 0.2) is 12.1 Å². The molecule has 0 amide bonds. The first kappa shape index (κ1) is 22.8. The van der Waals surface area contributed by atoms with E-state index >= 15 is 0 Å². The predicted octanol–water partition coefficient (Wildman–Crippen LogP) is 3.73. The van der Waals surface area contributed by atoms with Gasteiger partial charge in [-0.15, -0.1) is 0 Å². The number of anilines is 1. The number of carbonyl (C=O) groups excluding carboxylic acids is 1. The van der Waals surface area contributed by atoms with Crippen LogP contribution in [0.1, 0.15) is 68.8 Å². The van der Waals surface area contributed by atoms with Crippen LogP contribution >= 0.6 is 0 Å². The molecule has 0 radical (unpaired) electrons. The van der Waals surface area contributed by atoms with Gasteiger partial charge >= 0.3 is 0 Å². The zero-order valence-corrected chi connectivity index (χ0v) is 20.5. The number of likely N-dealkylation sites (tertiary alicyclic amines) is 2. The summed E-state index contributed by atoms with van der Waals surface area (Å²) in [6, 6.07) is 4.67. The molecule has 5 rings (SSSR count). The van der Waals surface area contributed by atoms with Crippen LogP contribution in [0.3, 0.4) is 0 Å². The molecule has 3 aliphatic rings. The molecule has 1 atom stereocenters. The maximum Gasteiger partial charge on any atom is 0.184 e. The third kappa shape index (κ3) is 5.09. The molecule has 2 aromatic rings. The molecular formula is C26H40N6O. The lowest BCUT2D eigenvalue weighted by molar-refractivity contribution is 0.0919. The van der Waals surface area contributed by atoms with Crippen LogP contribution < -0.4 is 4.90 Å². The van der Waals surface area contributed by atoms with Gasteiger partial charge in [0.1, 0.15) is 11.5 Å². The second-order valence-electron chi connectivity index (χ2n) is 10.5. The zero-order chi connectivity index (χ0) is 22.8. The fraction of sp³-hybridized carbons (Fsp3) is 0.731. The molecule has 33 heavy (non-hydrogen) atoms. The first-order valence-corrected chi connectivity index (χ1v) is 13.2. The maximum atomic E-state index is 13.2. The van der Waals surface area contributed by atoms with Gasteiger partial charge < -0.3 is 14.7 Å². The van der Waals surface area contributed by atoms with E-state index in [9.17, 15) is 4.79 Å². The van der Waals surface area contributed by atoms with E-state index in [0.29, 0.717) is 24.1 Å². The third-order valence-electron chi connectivity index (χ3n) is 8.15. The molecule has 0 bridgehead atoms. The van der Waals surface area contributed by atoms with Crippen molar-refractivity contribution in [2.24, 2.45) is 13.0 Å². The molecule has 5 heterocycles. The maximum absolute atomic E-state index is 13.2. The second kappa shape index (κ2) is 10.1. The van der Waals surface area contributed by atoms with Crippen LogP contribution in [0.25, 0.3) is 11.0 Å². The number of aryl methyl sites for hydroxylation is 1. The van der Waals surface area contributed by atoms with Crippen molar-refractivity contribution < 1.29 is 4.79 Å². The summed E-state index contributed by atoms with van der Waals surface area (Å²) in [5.41, 5.74) is 1.43. The topological polar surface area (TPSA) is 57.5 Å². The van der Waals surface area contributed by atoms with Crippen molar-refractivity contribution in [3.05, 3.63) is 17.8 Å². The van der Waals surface area contributed by atoms with Gasteiger partial charge in [0.05, 0.1) is 5.39 Å². The number of pyridine rings is 1. The fourth-order valence-electron chi connectivity index (χ4n) is 5.99. The van der Waals surface area contributed by atoms with Gasteiger partial charge in [0.25, 0.3) is 0 Å². The Hall–Kier alpha value is -1.99. The van der Waals surface area contributed by atoms with E-state index < -0.39 is 0 Å². The van der Waals surface area contributed by atoms with E-state index in [4.69, 9.17) is 4.98 Å². The highest BCUT2D eigenvalue weighted by Crippen LogP contribution is 2.28. The summed E-state index contributed by atoms with van der Waals surface area (Å²) < 4.78 is 1.79. The molecule has 180 valence electrons. The first-order chi connectivity index (χ1) is 16.1. The molecule has 0 saturated carbocycles. The van der Waals surface area contributed by atoms with Gasteiger partial charge in [-0.2, -0.15) is 5.10 Å². The Morgan fingerprint density at radius 2 is 1.64 bits per heavy atom. The van der Waals surface area contributed by atoms with Crippen molar-refractivity contribution in [1.82, 2.24) is 24.6 Å². The summed E-state index contributed by atoms with van der Waals surface area (Å²) in [7, 11) is 1.91. The molecule has 3 saturated heterocycles. The monoisotopic (exact) mass is 452 g/mol. The second-order valence-corrected chi connectivity index (χ2v) is 10.5. The molecule has 0 N–H and O–H groups in total. The molecule has 7 nitrogen and oxygen atoms in total. The Labute approximate surface area is 198 Å². The van der Waals surface area contributed by atoms with E-state index in [1.807, 2.05) is 7.05 Å². The van der Waals surface area contributed by atoms with Gasteiger partial charge in [-0.1, -0.05) is 0 Å². The molecule has 2 aromatic heterocycles. The Morgan fingerprint density at radius 1 is 0.939 bits per heavy atom. The van der Waals surface area contributed by atoms with Crippen molar-refractivity contribution in [2.75, 3.05) is 50.7 Å². The van der Waals surface area contributed by atoms with Gasteiger partial charge in [0.2, 0.25) is 0 Å². The molecule has 0 aliphatic carbocycles. The normalized spacial score (nSPS) is 23.6. The van der Waals surface area contributed by atoms with Gasteiger partial charge in [0.15, 0.2) is 11.4 Å². The van der Waals surface area contributed by atoms with Crippen molar-refractivity contribution >= 4 is 22.6 Å². The Balaban J connectivity index is 1.19. The minimum absolute atomic E-state index is 0.178. The van der Waals surface area contributed by atoms with E-state index in [1.165, 1.54) is 58.3 Å². The predicted molar refractivity (Wildman–Crippen MR) is 133 cm³/mol. The number of Topliss-reactive ketones (excluding diaryl/α,β-unsaturated/α-hetero) is 1. The summed E-state index contributed by atoms with van der Waals surface area (Å²) in [5.74, 6) is 1.66. The van der Waals surface area contributed by atoms with Crippen LogP contribution in [-0.4, -0.2) is 82.2 Å². The molecule has 1 unspecified atom stereocenters. The molecule has 0 spiro atoms. The highest BCUT2D eigenvalue weighted by molar-refractivity contribution is 6.05. The minimum Gasteiger partial charge on any atom is -0.354 e. The first-order valence-electron chi connectivity index (χ1n) is 13.2. The Kier molecular flexibility index (Phi) is 6.97. The molecular weight excluding hydrogens is 412 g/mol. The van der Waals surface area contributed by atoms with E-state index in [1.54, 1.807) is 4.68 Å². The number of nitrogens with zero attached hydrogens (tertiary/aromatic N) is 6.